The molecule has 1 fully saturated rings. The largest absolute Gasteiger partial charge is 0.444 e. The van der Waals surface area contributed by atoms with Gasteiger partial charge in [0.25, 0.3) is 0 Å². The summed E-state index contributed by atoms with van der Waals surface area (Å²) in [5.74, 6) is 0.322. The monoisotopic (exact) mass is 309 g/mol. The topological polar surface area (TPSA) is 93.4 Å². The second kappa shape index (κ2) is 7.93. The Morgan fingerprint density at radius 2 is 1.77 bits per heavy atom. The Morgan fingerprint density at radius 1 is 1.27 bits per heavy atom. The molecule has 2 unspecified atom stereocenters. The Morgan fingerprint density at radius 3 is 2.14 bits per heavy atom. The lowest BCUT2D eigenvalue weighted by molar-refractivity contribution is 0.0167. The summed E-state index contributed by atoms with van der Waals surface area (Å²) >= 11 is 0. The van der Waals surface area contributed by atoms with Gasteiger partial charge >= 0.3 is 6.09 Å². The van der Waals surface area contributed by atoms with Crippen LogP contribution in [-0.2, 0) is 4.74 Å². The van der Waals surface area contributed by atoms with Gasteiger partial charge in [-0.25, -0.2) is 14.8 Å². The fourth-order valence-corrected chi connectivity index (χ4v) is 2.11. The molecule has 0 aliphatic carbocycles. The predicted octanol–water partition coefficient (Wildman–Crippen LogP) is 1.66. The first kappa shape index (κ1) is 18.2. The molecule has 22 heavy (non-hydrogen) atoms. The minimum atomic E-state index is -0.408. The lowest BCUT2D eigenvalue weighted by Gasteiger charge is -2.36. The van der Waals surface area contributed by atoms with Crippen molar-refractivity contribution in [2.75, 3.05) is 18.8 Å². The van der Waals surface area contributed by atoms with Crippen molar-refractivity contribution in [1.29, 1.82) is 0 Å². The minimum Gasteiger partial charge on any atom is -0.444 e. The molecule has 2 heterocycles. The summed E-state index contributed by atoms with van der Waals surface area (Å²) in [6, 6.07) is 2.39. The van der Waals surface area contributed by atoms with Gasteiger partial charge in [0.1, 0.15) is 5.60 Å². The maximum absolute atomic E-state index is 11.8. The molecule has 1 aliphatic heterocycles. The summed E-state index contributed by atoms with van der Waals surface area (Å²) in [4.78, 5) is 20.8. The molecule has 3 N–H and O–H groups in total. The molecule has 1 aliphatic rings. The van der Waals surface area contributed by atoms with Gasteiger partial charge in [-0.2, -0.15) is 0 Å². The summed E-state index contributed by atoms with van der Waals surface area (Å²) in [5.41, 5.74) is 4.73. The zero-order valence-corrected chi connectivity index (χ0v) is 14.0. The van der Waals surface area contributed by atoms with Crippen molar-refractivity contribution >= 4 is 12.0 Å². The Bertz CT molecular complexity index is 451. The predicted molar refractivity (Wildman–Crippen MR) is 86.3 cm³/mol. The van der Waals surface area contributed by atoms with E-state index in [0.717, 1.165) is 13.1 Å². The molecule has 2 atom stereocenters. The van der Waals surface area contributed by atoms with Gasteiger partial charge in [0.2, 0.25) is 5.95 Å². The van der Waals surface area contributed by atoms with Gasteiger partial charge in [-0.1, -0.05) is 0 Å². The molecule has 1 saturated heterocycles. The van der Waals surface area contributed by atoms with Crippen molar-refractivity contribution in [3.63, 3.8) is 0 Å². The standard InChI is InChI=1S/C11H22N2O2.C4H5N3/c1-8-6-13(7-9(2)12-8)10(14)15-11(3,4)5;5-4-6-2-1-3-7-4/h8-9,12H,6-7H2,1-5H3;1-3H,(H2,5,6,7). The number of nitrogens with one attached hydrogen (secondary N) is 1. The molecule has 1 aromatic rings. The van der Waals surface area contributed by atoms with Crippen LogP contribution in [0, 0.1) is 0 Å². The smallest absolute Gasteiger partial charge is 0.410 e. The zero-order valence-electron chi connectivity index (χ0n) is 14.0. The zero-order chi connectivity index (χ0) is 16.8. The van der Waals surface area contributed by atoms with E-state index in [4.69, 9.17) is 10.5 Å². The Labute approximate surface area is 132 Å². The minimum absolute atomic E-state index is 0.206. The number of hydrogen-bond acceptors (Lipinski definition) is 6. The van der Waals surface area contributed by atoms with Crippen LogP contribution >= 0.6 is 0 Å². The first-order valence-corrected chi connectivity index (χ1v) is 7.44. The highest BCUT2D eigenvalue weighted by Crippen LogP contribution is 2.12. The van der Waals surface area contributed by atoms with Crippen LogP contribution in [0.25, 0.3) is 0 Å². The third-order valence-corrected chi connectivity index (χ3v) is 2.79. The second-order valence-corrected chi connectivity index (χ2v) is 6.46. The molecule has 7 heteroatoms. The van der Waals surface area contributed by atoms with E-state index < -0.39 is 5.60 Å². The number of rotatable bonds is 0. The SMILES string of the molecule is CC1CN(C(=O)OC(C)(C)C)CC(C)N1.Nc1ncccn1. The van der Waals surface area contributed by atoms with E-state index in [2.05, 4.69) is 29.1 Å². The molecule has 1 amide bonds. The van der Waals surface area contributed by atoms with E-state index in [1.807, 2.05) is 20.8 Å². The van der Waals surface area contributed by atoms with E-state index in [1.165, 1.54) is 0 Å². The number of nitrogen functional groups attached to an aromatic ring is 1. The Kier molecular flexibility index (Phi) is 6.55. The summed E-state index contributed by atoms with van der Waals surface area (Å²) in [7, 11) is 0. The van der Waals surface area contributed by atoms with Gasteiger partial charge in [-0.3, -0.25) is 0 Å². The fraction of sp³-hybridized carbons (Fsp3) is 0.667. The lowest BCUT2D eigenvalue weighted by atomic mass is 10.1. The molecular formula is C15H27N5O2. The first-order valence-electron chi connectivity index (χ1n) is 7.44. The number of carbonyl (C=O) groups excluding carboxylic acids is 1. The number of piperazine rings is 1. The Balaban J connectivity index is 0.000000287. The van der Waals surface area contributed by atoms with Crippen molar-refractivity contribution in [2.24, 2.45) is 0 Å². The van der Waals surface area contributed by atoms with Gasteiger partial charge in [-0.05, 0) is 40.7 Å². The number of carbonyl (C=O) groups is 1. The number of nitrogens with zero attached hydrogens (tertiary/aromatic N) is 3. The van der Waals surface area contributed by atoms with Crippen LogP contribution in [0.1, 0.15) is 34.6 Å². The summed E-state index contributed by atoms with van der Waals surface area (Å²) in [5, 5.41) is 3.38. The second-order valence-electron chi connectivity index (χ2n) is 6.46. The average Bonchev–Trinajstić information content (AvgIpc) is 2.37. The highest BCUT2D eigenvalue weighted by molar-refractivity contribution is 5.68. The average molecular weight is 309 g/mol. The van der Waals surface area contributed by atoms with Gasteiger partial charge in [0.15, 0.2) is 0 Å². The molecule has 7 nitrogen and oxygen atoms in total. The van der Waals surface area contributed by atoms with Crippen molar-refractivity contribution in [3.05, 3.63) is 18.5 Å². The van der Waals surface area contributed by atoms with E-state index in [1.54, 1.807) is 23.4 Å². The third-order valence-electron chi connectivity index (χ3n) is 2.79. The number of anilines is 1. The number of hydrogen-bond donors (Lipinski definition) is 2. The van der Waals surface area contributed by atoms with Gasteiger partial charge in [-0.15, -0.1) is 0 Å². The molecule has 1 aromatic heterocycles. The maximum Gasteiger partial charge on any atom is 0.410 e. The van der Waals surface area contributed by atoms with Gasteiger partial charge in [0.05, 0.1) is 0 Å². The fourth-order valence-electron chi connectivity index (χ4n) is 2.11. The highest BCUT2D eigenvalue weighted by atomic mass is 16.6. The van der Waals surface area contributed by atoms with Crippen LogP contribution < -0.4 is 11.1 Å². The van der Waals surface area contributed by atoms with E-state index in [-0.39, 0.29) is 6.09 Å². The molecule has 2 rings (SSSR count). The van der Waals surface area contributed by atoms with Crippen LogP contribution in [0.5, 0.6) is 0 Å². The van der Waals surface area contributed by atoms with Crippen LogP contribution in [0.4, 0.5) is 10.7 Å². The number of amides is 1. The summed E-state index contributed by atoms with van der Waals surface area (Å²) in [6.45, 7) is 11.3. The van der Waals surface area contributed by atoms with Crippen LogP contribution in [0.2, 0.25) is 0 Å². The molecule has 124 valence electrons. The molecule has 0 bridgehead atoms. The molecular weight excluding hydrogens is 282 g/mol. The van der Waals surface area contributed by atoms with Crippen LogP contribution in [0.15, 0.2) is 18.5 Å². The molecule has 0 radical (unpaired) electrons. The maximum atomic E-state index is 11.8. The van der Waals surface area contributed by atoms with Crippen molar-refractivity contribution in [1.82, 2.24) is 20.2 Å². The number of aromatic nitrogens is 2. The summed E-state index contributed by atoms with van der Waals surface area (Å²) in [6.07, 6.45) is 2.99. The van der Waals surface area contributed by atoms with Gasteiger partial charge in [0, 0.05) is 37.6 Å². The Hall–Kier alpha value is -1.89. The normalized spacial score (nSPS) is 21.6. The first-order chi connectivity index (χ1) is 10.2. The van der Waals surface area contributed by atoms with Crippen molar-refractivity contribution < 1.29 is 9.53 Å². The van der Waals surface area contributed by atoms with E-state index in [0.29, 0.717) is 18.0 Å². The van der Waals surface area contributed by atoms with E-state index >= 15 is 0 Å². The molecule has 0 spiro atoms. The van der Waals surface area contributed by atoms with Crippen LogP contribution in [-0.4, -0.2) is 51.7 Å². The van der Waals surface area contributed by atoms with Crippen LogP contribution in [0.3, 0.4) is 0 Å². The van der Waals surface area contributed by atoms with Crippen molar-refractivity contribution in [3.8, 4) is 0 Å². The lowest BCUT2D eigenvalue weighted by Crippen LogP contribution is -2.56. The van der Waals surface area contributed by atoms with Crippen molar-refractivity contribution in [2.45, 2.75) is 52.3 Å². The number of nitrogens with two attached hydrogens (primary N) is 1. The van der Waals surface area contributed by atoms with Gasteiger partial charge < -0.3 is 20.7 Å². The number of ether oxygens (including phenoxy) is 1. The molecule has 0 saturated carbocycles. The molecule has 0 aromatic carbocycles. The third kappa shape index (κ3) is 7.21. The summed E-state index contributed by atoms with van der Waals surface area (Å²) < 4.78 is 5.33. The quantitative estimate of drug-likeness (QED) is 0.757. The van der Waals surface area contributed by atoms with E-state index in [9.17, 15) is 4.79 Å². The highest BCUT2D eigenvalue weighted by Gasteiger charge is 2.28.